The first kappa shape index (κ1) is 22.4. The number of carbonyl (C=O) groups is 1. The van der Waals surface area contributed by atoms with E-state index in [1.54, 1.807) is 24.4 Å². The average Bonchev–Trinajstić information content (AvgIpc) is 2.91. The number of nitrogens with zero attached hydrogens (tertiary/aromatic N) is 4. The van der Waals surface area contributed by atoms with Crippen LogP contribution in [0.2, 0.25) is 0 Å². The summed E-state index contributed by atoms with van der Waals surface area (Å²) in [5.74, 6) is 0.571. The second-order valence-corrected chi connectivity index (χ2v) is 8.04. The standard InChI is InChI=1S/C27H25N5O3/c33-27(34)32(24-10-6-21(7-11-24)20-4-2-1-3-5-20)25-14-15-28-26(30-25)29-22-8-12-23(13-9-22)31-16-18-35-19-17-31/h1-15H,16-19H2,(H,33,34)(H,28,29,30). The minimum absolute atomic E-state index is 0.257. The largest absolute Gasteiger partial charge is 0.464 e. The predicted molar refractivity (Wildman–Crippen MR) is 137 cm³/mol. The number of nitrogens with one attached hydrogen (secondary N) is 1. The molecular formula is C27H25N5O3. The van der Waals surface area contributed by atoms with Crippen molar-refractivity contribution in [3.05, 3.63) is 91.1 Å². The average molecular weight is 468 g/mol. The highest BCUT2D eigenvalue weighted by molar-refractivity contribution is 5.94. The maximum Gasteiger partial charge on any atom is 0.417 e. The molecule has 1 saturated heterocycles. The molecule has 0 bridgehead atoms. The molecular weight excluding hydrogens is 442 g/mol. The van der Waals surface area contributed by atoms with Gasteiger partial charge in [0, 0.05) is 36.7 Å². The topological polar surface area (TPSA) is 90.8 Å². The number of morpholine rings is 1. The van der Waals surface area contributed by atoms with Crippen molar-refractivity contribution in [2.24, 2.45) is 0 Å². The Labute approximate surface area is 203 Å². The quantitative estimate of drug-likeness (QED) is 0.385. The lowest BCUT2D eigenvalue weighted by Crippen LogP contribution is -2.36. The summed E-state index contributed by atoms with van der Waals surface area (Å²) in [5, 5.41) is 13.1. The second-order valence-electron chi connectivity index (χ2n) is 8.04. The number of amides is 1. The smallest absolute Gasteiger partial charge is 0.417 e. The number of anilines is 5. The van der Waals surface area contributed by atoms with Gasteiger partial charge in [0.1, 0.15) is 5.82 Å². The van der Waals surface area contributed by atoms with E-state index in [-0.39, 0.29) is 5.82 Å². The SMILES string of the molecule is O=C(O)N(c1ccc(-c2ccccc2)cc1)c1ccnc(Nc2ccc(N3CCOCC3)cc2)n1. The zero-order valence-corrected chi connectivity index (χ0v) is 19.0. The van der Waals surface area contributed by atoms with Gasteiger partial charge in [0.05, 0.1) is 18.9 Å². The fourth-order valence-electron chi connectivity index (χ4n) is 4.01. The van der Waals surface area contributed by atoms with E-state index in [0.717, 1.165) is 53.7 Å². The van der Waals surface area contributed by atoms with Crippen molar-refractivity contribution >= 4 is 34.9 Å². The molecule has 8 nitrogen and oxygen atoms in total. The van der Waals surface area contributed by atoms with E-state index < -0.39 is 6.09 Å². The van der Waals surface area contributed by atoms with Crippen molar-refractivity contribution in [3.63, 3.8) is 0 Å². The molecule has 1 aromatic heterocycles. The van der Waals surface area contributed by atoms with Gasteiger partial charge in [-0.2, -0.15) is 4.98 Å². The third-order valence-electron chi connectivity index (χ3n) is 5.79. The summed E-state index contributed by atoms with van der Waals surface area (Å²) >= 11 is 0. The summed E-state index contributed by atoms with van der Waals surface area (Å²) in [7, 11) is 0. The van der Waals surface area contributed by atoms with Crippen LogP contribution in [0.15, 0.2) is 91.1 Å². The molecule has 8 heteroatoms. The van der Waals surface area contributed by atoms with Gasteiger partial charge >= 0.3 is 6.09 Å². The fraction of sp³-hybridized carbons (Fsp3) is 0.148. The van der Waals surface area contributed by atoms with Crippen LogP contribution >= 0.6 is 0 Å². The highest BCUT2D eigenvalue weighted by Crippen LogP contribution is 2.28. The Kier molecular flexibility index (Phi) is 6.54. The first-order chi connectivity index (χ1) is 17.2. The highest BCUT2D eigenvalue weighted by Gasteiger charge is 2.19. The Morgan fingerprint density at radius 1 is 0.886 bits per heavy atom. The van der Waals surface area contributed by atoms with Crippen LogP contribution in [0.25, 0.3) is 11.1 Å². The van der Waals surface area contributed by atoms with E-state index in [0.29, 0.717) is 11.6 Å². The summed E-state index contributed by atoms with van der Waals surface area (Å²) in [6.45, 7) is 3.20. The van der Waals surface area contributed by atoms with E-state index in [4.69, 9.17) is 4.74 Å². The highest BCUT2D eigenvalue weighted by atomic mass is 16.5. The first-order valence-electron chi connectivity index (χ1n) is 11.4. The van der Waals surface area contributed by atoms with Gasteiger partial charge in [0.2, 0.25) is 5.95 Å². The molecule has 35 heavy (non-hydrogen) atoms. The molecule has 1 aliphatic heterocycles. The first-order valence-corrected chi connectivity index (χ1v) is 11.4. The maximum atomic E-state index is 12.1. The molecule has 0 atom stereocenters. The zero-order valence-electron chi connectivity index (χ0n) is 19.0. The van der Waals surface area contributed by atoms with Crippen molar-refractivity contribution in [2.75, 3.05) is 41.4 Å². The Balaban J connectivity index is 1.34. The summed E-state index contributed by atoms with van der Waals surface area (Å²) in [6.07, 6.45) is 0.415. The molecule has 4 aromatic rings. The molecule has 0 unspecified atom stereocenters. The van der Waals surface area contributed by atoms with Crippen LogP contribution in [-0.2, 0) is 4.74 Å². The molecule has 1 aliphatic rings. The number of benzene rings is 3. The number of aromatic nitrogens is 2. The molecule has 5 rings (SSSR count). The Hall–Kier alpha value is -4.43. The number of ether oxygens (including phenoxy) is 1. The van der Waals surface area contributed by atoms with Crippen LogP contribution in [0, 0.1) is 0 Å². The Morgan fingerprint density at radius 3 is 2.26 bits per heavy atom. The van der Waals surface area contributed by atoms with Crippen molar-refractivity contribution in [1.82, 2.24) is 9.97 Å². The van der Waals surface area contributed by atoms with Gasteiger partial charge < -0.3 is 20.1 Å². The number of carboxylic acid groups (broad SMARTS) is 1. The minimum atomic E-state index is -1.13. The van der Waals surface area contributed by atoms with E-state index in [1.165, 1.54) is 0 Å². The molecule has 176 valence electrons. The lowest BCUT2D eigenvalue weighted by atomic mass is 10.1. The molecule has 1 fully saturated rings. The van der Waals surface area contributed by atoms with Gasteiger partial charge in [-0.05, 0) is 47.5 Å². The van der Waals surface area contributed by atoms with Crippen LogP contribution in [0.4, 0.5) is 33.6 Å². The second kappa shape index (κ2) is 10.2. The molecule has 2 N–H and O–H groups in total. The number of hydrogen-bond donors (Lipinski definition) is 2. The van der Waals surface area contributed by atoms with Crippen LogP contribution in [0.1, 0.15) is 0 Å². The van der Waals surface area contributed by atoms with E-state index >= 15 is 0 Å². The summed E-state index contributed by atoms with van der Waals surface area (Å²) in [4.78, 5) is 24.3. The van der Waals surface area contributed by atoms with Crippen molar-refractivity contribution in [2.45, 2.75) is 0 Å². The van der Waals surface area contributed by atoms with Crippen molar-refractivity contribution in [3.8, 4) is 11.1 Å². The summed E-state index contributed by atoms with van der Waals surface area (Å²) < 4.78 is 5.41. The zero-order chi connectivity index (χ0) is 24.0. The van der Waals surface area contributed by atoms with Crippen molar-refractivity contribution < 1.29 is 14.6 Å². The molecule has 0 spiro atoms. The number of rotatable bonds is 6. The normalized spacial score (nSPS) is 13.3. The van der Waals surface area contributed by atoms with Crippen molar-refractivity contribution in [1.29, 1.82) is 0 Å². The van der Waals surface area contributed by atoms with Gasteiger partial charge in [0.15, 0.2) is 0 Å². The molecule has 0 aliphatic carbocycles. The molecule has 2 heterocycles. The lowest BCUT2D eigenvalue weighted by Gasteiger charge is -2.28. The monoisotopic (exact) mass is 467 g/mol. The predicted octanol–water partition coefficient (Wildman–Crippen LogP) is 5.54. The summed E-state index contributed by atoms with van der Waals surface area (Å²) in [5.41, 5.74) is 4.51. The summed E-state index contributed by atoms with van der Waals surface area (Å²) in [6, 6.07) is 26.8. The fourth-order valence-corrected chi connectivity index (χ4v) is 4.01. The van der Waals surface area contributed by atoms with Gasteiger partial charge in [-0.3, -0.25) is 0 Å². The lowest BCUT2D eigenvalue weighted by molar-refractivity contribution is 0.122. The van der Waals surface area contributed by atoms with Crippen LogP contribution in [0.3, 0.4) is 0 Å². The van der Waals surface area contributed by atoms with E-state index in [9.17, 15) is 9.90 Å². The van der Waals surface area contributed by atoms with E-state index in [2.05, 4.69) is 20.2 Å². The van der Waals surface area contributed by atoms with Crippen LogP contribution < -0.4 is 15.1 Å². The minimum Gasteiger partial charge on any atom is -0.464 e. The van der Waals surface area contributed by atoms with Gasteiger partial charge in [-0.1, -0.05) is 42.5 Å². The third kappa shape index (κ3) is 5.23. The van der Waals surface area contributed by atoms with Crippen LogP contribution in [-0.4, -0.2) is 47.5 Å². The maximum absolute atomic E-state index is 12.1. The Morgan fingerprint density at radius 2 is 1.57 bits per heavy atom. The Bertz CT molecular complexity index is 1270. The third-order valence-corrected chi connectivity index (χ3v) is 5.79. The van der Waals surface area contributed by atoms with E-state index in [1.807, 2.05) is 66.7 Å². The number of hydrogen-bond acceptors (Lipinski definition) is 6. The molecule has 3 aromatic carbocycles. The molecule has 0 radical (unpaired) electrons. The van der Waals surface area contributed by atoms with Gasteiger partial charge in [-0.15, -0.1) is 0 Å². The molecule has 1 amide bonds. The molecule has 0 saturated carbocycles. The van der Waals surface area contributed by atoms with Crippen LogP contribution in [0.5, 0.6) is 0 Å². The van der Waals surface area contributed by atoms with Gasteiger partial charge in [0.25, 0.3) is 0 Å². The van der Waals surface area contributed by atoms with Gasteiger partial charge in [-0.25, -0.2) is 14.7 Å².